The summed E-state index contributed by atoms with van der Waals surface area (Å²) in [6.07, 6.45) is 16.9. The molecule has 2 aliphatic carbocycles. The maximum atomic E-state index is 4.24. The Morgan fingerprint density at radius 3 is 2.62 bits per heavy atom. The second-order valence-corrected chi connectivity index (χ2v) is 6.98. The van der Waals surface area contributed by atoms with Crippen LogP contribution in [0.15, 0.2) is 18.7 Å². The molecule has 1 aromatic heterocycles. The molecule has 2 fully saturated rings. The van der Waals surface area contributed by atoms with Crippen LogP contribution in [0.25, 0.3) is 0 Å². The van der Waals surface area contributed by atoms with E-state index in [2.05, 4.69) is 22.2 Å². The predicted octanol–water partition coefficient (Wildman–Crippen LogP) is 4.12. The Morgan fingerprint density at radius 1 is 1.10 bits per heavy atom. The summed E-state index contributed by atoms with van der Waals surface area (Å²) < 4.78 is 0. The normalized spacial score (nSPS) is 30.6. The van der Waals surface area contributed by atoms with Crippen LogP contribution < -0.4 is 5.32 Å². The van der Waals surface area contributed by atoms with Crippen molar-refractivity contribution < 1.29 is 0 Å². The Hall–Kier alpha value is -0.960. The highest BCUT2D eigenvalue weighted by molar-refractivity contribution is 5.11. The molecule has 1 heterocycles. The van der Waals surface area contributed by atoms with Crippen molar-refractivity contribution in [2.45, 2.75) is 64.3 Å². The van der Waals surface area contributed by atoms with Gasteiger partial charge in [0.25, 0.3) is 0 Å². The number of nitrogens with zero attached hydrogens (tertiary/aromatic N) is 2. The molecule has 2 aliphatic rings. The number of aromatic nitrogens is 2. The lowest BCUT2D eigenvalue weighted by Crippen LogP contribution is -2.36. The lowest BCUT2D eigenvalue weighted by Gasteiger charge is -2.42. The molecule has 0 bridgehead atoms. The van der Waals surface area contributed by atoms with Crippen LogP contribution in [0.5, 0.6) is 0 Å². The topological polar surface area (TPSA) is 37.8 Å². The lowest BCUT2D eigenvalue weighted by molar-refractivity contribution is 0.109. The maximum Gasteiger partial charge on any atom is 0.115 e. The molecule has 0 spiro atoms. The molecule has 0 amide bonds. The summed E-state index contributed by atoms with van der Waals surface area (Å²) in [6, 6.07) is 0.453. The molecule has 0 aliphatic heterocycles. The first-order valence-electron chi connectivity index (χ1n) is 8.86. The van der Waals surface area contributed by atoms with E-state index in [0.29, 0.717) is 6.04 Å². The smallest absolute Gasteiger partial charge is 0.115 e. The van der Waals surface area contributed by atoms with Crippen LogP contribution in [-0.2, 0) is 0 Å². The van der Waals surface area contributed by atoms with Crippen LogP contribution in [-0.4, -0.2) is 16.5 Å². The van der Waals surface area contributed by atoms with Gasteiger partial charge in [0.1, 0.15) is 6.33 Å². The monoisotopic (exact) mass is 287 g/mol. The second-order valence-electron chi connectivity index (χ2n) is 6.98. The van der Waals surface area contributed by atoms with E-state index < -0.39 is 0 Å². The molecule has 0 saturated heterocycles. The van der Waals surface area contributed by atoms with Gasteiger partial charge >= 0.3 is 0 Å². The quantitative estimate of drug-likeness (QED) is 0.885. The summed E-state index contributed by atoms with van der Waals surface area (Å²) in [6.45, 7) is 3.33. The standard InChI is InChI=1S/C18H29N3/c1-2-9-21-18(17-11-19-13-20-12-17)16-8-7-14-5-3-4-6-15(14)10-16/h11-16,18,21H,2-10H2,1H3. The van der Waals surface area contributed by atoms with Crippen molar-refractivity contribution in [1.29, 1.82) is 0 Å². The minimum absolute atomic E-state index is 0.453. The summed E-state index contributed by atoms with van der Waals surface area (Å²) in [5.41, 5.74) is 1.28. The van der Waals surface area contributed by atoms with Gasteiger partial charge in [-0.3, -0.25) is 0 Å². The number of nitrogens with one attached hydrogen (secondary N) is 1. The minimum Gasteiger partial charge on any atom is -0.310 e. The third-order valence-electron chi connectivity index (χ3n) is 5.61. The minimum atomic E-state index is 0.453. The second kappa shape index (κ2) is 7.35. The van der Waals surface area contributed by atoms with E-state index >= 15 is 0 Å². The first-order valence-corrected chi connectivity index (χ1v) is 8.86. The van der Waals surface area contributed by atoms with Crippen LogP contribution in [0.2, 0.25) is 0 Å². The molecule has 3 nitrogen and oxygen atoms in total. The van der Waals surface area contributed by atoms with Crippen molar-refractivity contribution in [2.24, 2.45) is 17.8 Å². The average molecular weight is 287 g/mol. The molecule has 3 rings (SSSR count). The van der Waals surface area contributed by atoms with E-state index in [9.17, 15) is 0 Å². The summed E-state index contributed by atoms with van der Waals surface area (Å²) in [4.78, 5) is 8.48. The number of hydrogen-bond donors (Lipinski definition) is 1. The van der Waals surface area contributed by atoms with E-state index in [0.717, 1.165) is 24.3 Å². The fraction of sp³-hybridized carbons (Fsp3) is 0.778. The van der Waals surface area contributed by atoms with Gasteiger partial charge in [-0.25, -0.2) is 9.97 Å². The van der Waals surface area contributed by atoms with E-state index in [1.54, 1.807) is 6.33 Å². The van der Waals surface area contributed by atoms with E-state index in [4.69, 9.17) is 0 Å². The highest BCUT2D eigenvalue weighted by Crippen LogP contribution is 2.46. The van der Waals surface area contributed by atoms with Crippen LogP contribution in [0.4, 0.5) is 0 Å². The summed E-state index contributed by atoms with van der Waals surface area (Å²) >= 11 is 0. The SMILES string of the molecule is CCCNC(c1cncnc1)C1CCC2CCCCC2C1. The molecule has 0 aromatic carbocycles. The molecule has 21 heavy (non-hydrogen) atoms. The first-order chi connectivity index (χ1) is 10.4. The van der Waals surface area contributed by atoms with Gasteiger partial charge in [-0.1, -0.05) is 32.6 Å². The molecular formula is C18H29N3. The molecule has 0 radical (unpaired) electrons. The zero-order chi connectivity index (χ0) is 14.5. The van der Waals surface area contributed by atoms with Crippen molar-refractivity contribution in [3.05, 3.63) is 24.3 Å². The van der Waals surface area contributed by atoms with Gasteiger partial charge in [0.2, 0.25) is 0 Å². The largest absolute Gasteiger partial charge is 0.310 e. The third-order valence-corrected chi connectivity index (χ3v) is 5.61. The van der Waals surface area contributed by atoms with Crippen molar-refractivity contribution in [3.63, 3.8) is 0 Å². The Kier molecular flexibility index (Phi) is 5.23. The Balaban J connectivity index is 1.70. The van der Waals surface area contributed by atoms with E-state index in [-0.39, 0.29) is 0 Å². The number of rotatable bonds is 5. The van der Waals surface area contributed by atoms with Crippen molar-refractivity contribution in [3.8, 4) is 0 Å². The number of fused-ring (bicyclic) bond motifs is 1. The highest BCUT2D eigenvalue weighted by atomic mass is 14.9. The van der Waals surface area contributed by atoms with Gasteiger partial charge in [-0.2, -0.15) is 0 Å². The van der Waals surface area contributed by atoms with E-state index in [1.165, 1.54) is 56.9 Å². The molecular weight excluding hydrogens is 258 g/mol. The van der Waals surface area contributed by atoms with Gasteiger partial charge in [-0.15, -0.1) is 0 Å². The predicted molar refractivity (Wildman–Crippen MR) is 85.9 cm³/mol. The molecule has 2 saturated carbocycles. The fourth-order valence-corrected chi connectivity index (χ4v) is 4.54. The zero-order valence-electron chi connectivity index (χ0n) is 13.3. The zero-order valence-corrected chi connectivity index (χ0v) is 13.3. The average Bonchev–Trinajstić information content (AvgIpc) is 2.56. The molecule has 116 valence electrons. The van der Waals surface area contributed by atoms with Crippen LogP contribution in [0.3, 0.4) is 0 Å². The van der Waals surface area contributed by atoms with Gasteiger partial charge in [0.15, 0.2) is 0 Å². The Labute approximate surface area is 129 Å². The maximum absolute atomic E-state index is 4.24. The first kappa shape index (κ1) is 15.0. The van der Waals surface area contributed by atoms with Gasteiger partial charge in [-0.05, 0) is 50.0 Å². The fourth-order valence-electron chi connectivity index (χ4n) is 4.54. The number of hydrogen-bond acceptors (Lipinski definition) is 3. The lowest BCUT2D eigenvalue weighted by atomic mass is 9.65. The van der Waals surface area contributed by atoms with Crippen LogP contribution >= 0.6 is 0 Å². The van der Waals surface area contributed by atoms with Gasteiger partial charge in [0.05, 0.1) is 0 Å². The summed E-state index contributed by atoms with van der Waals surface area (Å²) in [5.74, 6) is 2.77. The van der Waals surface area contributed by atoms with Crippen molar-refractivity contribution in [2.75, 3.05) is 6.54 Å². The summed E-state index contributed by atoms with van der Waals surface area (Å²) in [5, 5.41) is 3.77. The van der Waals surface area contributed by atoms with Crippen molar-refractivity contribution in [1.82, 2.24) is 15.3 Å². The Bertz CT molecular complexity index is 420. The molecule has 1 aromatic rings. The highest BCUT2D eigenvalue weighted by Gasteiger charge is 2.35. The van der Waals surface area contributed by atoms with E-state index in [1.807, 2.05) is 12.4 Å². The van der Waals surface area contributed by atoms with Gasteiger partial charge < -0.3 is 5.32 Å². The molecule has 4 atom stereocenters. The summed E-state index contributed by atoms with van der Waals surface area (Å²) in [7, 11) is 0. The van der Waals surface area contributed by atoms with Crippen LogP contribution in [0, 0.1) is 17.8 Å². The van der Waals surface area contributed by atoms with Gasteiger partial charge in [0, 0.05) is 24.0 Å². The molecule has 1 N–H and O–H groups in total. The van der Waals surface area contributed by atoms with Crippen molar-refractivity contribution >= 4 is 0 Å². The third kappa shape index (κ3) is 3.63. The van der Waals surface area contributed by atoms with Crippen LogP contribution in [0.1, 0.15) is 69.9 Å². The molecule has 4 unspecified atom stereocenters. The molecule has 3 heteroatoms. The Morgan fingerprint density at radius 2 is 1.86 bits per heavy atom.